The van der Waals surface area contributed by atoms with Crippen molar-refractivity contribution in [3.63, 3.8) is 0 Å². The molecule has 0 saturated carbocycles. The van der Waals surface area contributed by atoms with Crippen molar-refractivity contribution in [2.24, 2.45) is 0 Å². The van der Waals surface area contributed by atoms with E-state index in [0.717, 1.165) is 42.4 Å². The molecule has 6 heteroatoms. The van der Waals surface area contributed by atoms with Gasteiger partial charge in [-0.3, -0.25) is 0 Å². The lowest BCUT2D eigenvalue weighted by molar-refractivity contribution is 0.0395. The molecule has 0 N–H and O–H groups in total. The lowest BCUT2D eigenvalue weighted by atomic mass is 10.1. The average molecular weight is 352 g/mol. The minimum absolute atomic E-state index is 0.0427. The monoisotopic (exact) mass is 351 g/mol. The first kappa shape index (κ1) is 16.5. The highest BCUT2D eigenvalue weighted by Crippen LogP contribution is 2.30. The Morgan fingerprint density at radius 3 is 2.78 bits per heavy atom. The van der Waals surface area contributed by atoms with Crippen LogP contribution in [-0.2, 0) is 11.2 Å². The number of aromatic nitrogens is 2. The van der Waals surface area contributed by atoms with Crippen LogP contribution < -0.4 is 4.90 Å². The summed E-state index contributed by atoms with van der Waals surface area (Å²) in [5.74, 6) is 1.76. The largest absolute Gasteiger partial charge is 0.370 e. The van der Waals surface area contributed by atoms with Gasteiger partial charge in [0.15, 0.2) is 0 Å². The van der Waals surface area contributed by atoms with E-state index in [9.17, 15) is 0 Å². The summed E-state index contributed by atoms with van der Waals surface area (Å²) in [6.45, 7) is 6.23. The van der Waals surface area contributed by atoms with Crippen LogP contribution in [-0.4, -0.2) is 29.7 Å². The van der Waals surface area contributed by atoms with E-state index in [2.05, 4.69) is 27.9 Å². The molecule has 23 heavy (non-hydrogen) atoms. The smallest absolute Gasteiger partial charge is 0.132 e. The van der Waals surface area contributed by atoms with Crippen LogP contribution in [0.4, 0.5) is 5.82 Å². The Hall–Kier alpha value is -1.36. The molecule has 2 heterocycles. The van der Waals surface area contributed by atoms with E-state index in [-0.39, 0.29) is 6.10 Å². The SMILES string of the molecule is CCc1cc(N2CCOC(c3ccc(Cl)c(Cl)c3)C2)nc(C)n1. The first-order chi connectivity index (χ1) is 11.1. The Kier molecular flexibility index (Phi) is 5.05. The van der Waals surface area contributed by atoms with Gasteiger partial charge in [-0.15, -0.1) is 0 Å². The predicted octanol–water partition coefficient (Wildman–Crippen LogP) is 4.23. The summed E-state index contributed by atoms with van der Waals surface area (Å²) >= 11 is 12.1. The number of halogens is 2. The summed E-state index contributed by atoms with van der Waals surface area (Å²) in [5.41, 5.74) is 2.09. The van der Waals surface area contributed by atoms with Crippen LogP contribution in [0.3, 0.4) is 0 Å². The van der Waals surface area contributed by atoms with Crippen molar-refractivity contribution < 1.29 is 4.74 Å². The molecule has 1 aliphatic rings. The number of anilines is 1. The Morgan fingerprint density at radius 1 is 1.22 bits per heavy atom. The summed E-state index contributed by atoms with van der Waals surface area (Å²) < 4.78 is 5.91. The Morgan fingerprint density at radius 2 is 2.04 bits per heavy atom. The summed E-state index contributed by atoms with van der Waals surface area (Å²) in [4.78, 5) is 11.3. The number of hydrogen-bond donors (Lipinski definition) is 0. The number of rotatable bonds is 3. The molecule has 1 unspecified atom stereocenters. The van der Waals surface area contributed by atoms with Crippen molar-refractivity contribution in [2.45, 2.75) is 26.4 Å². The molecule has 0 radical (unpaired) electrons. The zero-order chi connectivity index (χ0) is 16.4. The zero-order valence-electron chi connectivity index (χ0n) is 13.2. The van der Waals surface area contributed by atoms with E-state index in [1.165, 1.54) is 0 Å². The second-order valence-corrected chi connectivity index (χ2v) is 6.41. The van der Waals surface area contributed by atoms with Crippen LogP contribution in [0.15, 0.2) is 24.3 Å². The fraction of sp³-hybridized carbons (Fsp3) is 0.412. The van der Waals surface area contributed by atoms with Gasteiger partial charge in [-0.25, -0.2) is 9.97 Å². The van der Waals surface area contributed by atoms with Crippen molar-refractivity contribution in [2.75, 3.05) is 24.6 Å². The van der Waals surface area contributed by atoms with Crippen molar-refractivity contribution in [3.8, 4) is 0 Å². The van der Waals surface area contributed by atoms with Gasteiger partial charge in [-0.1, -0.05) is 36.2 Å². The molecule has 3 rings (SSSR count). The lowest BCUT2D eigenvalue weighted by Gasteiger charge is -2.34. The van der Waals surface area contributed by atoms with Crippen LogP contribution in [0.1, 0.15) is 30.1 Å². The summed E-state index contributed by atoms with van der Waals surface area (Å²) in [5, 5.41) is 1.11. The third-order valence-electron chi connectivity index (χ3n) is 3.95. The van der Waals surface area contributed by atoms with Gasteiger partial charge in [0.25, 0.3) is 0 Å². The highest BCUT2D eigenvalue weighted by Gasteiger charge is 2.24. The maximum absolute atomic E-state index is 6.13. The number of aryl methyl sites for hydroxylation is 2. The van der Waals surface area contributed by atoms with E-state index in [0.29, 0.717) is 16.7 Å². The Balaban J connectivity index is 1.83. The van der Waals surface area contributed by atoms with Crippen LogP contribution >= 0.6 is 23.2 Å². The molecule has 0 amide bonds. The van der Waals surface area contributed by atoms with Crippen LogP contribution in [0, 0.1) is 6.92 Å². The number of morpholine rings is 1. The Labute approximate surface area is 146 Å². The minimum Gasteiger partial charge on any atom is -0.370 e. The van der Waals surface area contributed by atoms with Gasteiger partial charge in [-0.05, 0) is 31.0 Å². The van der Waals surface area contributed by atoms with Gasteiger partial charge in [0.2, 0.25) is 0 Å². The molecule has 1 aromatic heterocycles. The normalized spacial score (nSPS) is 18.3. The van der Waals surface area contributed by atoms with Crippen LogP contribution in [0.5, 0.6) is 0 Å². The van der Waals surface area contributed by atoms with E-state index < -0.39 is 0 Å². The number of ether oxygens (including phenoxy) is 1. The Bertz CT molecular complexity index is 708. The molecular weight excluding hydrogens is 333 g/mol. The maximum Gasteiger partial charge on any atom is 0.132 e. The molecule has 1 saturated heterocycles. The second-order valence-electron chi connectivity index (χ2n) is 5.60. The summed E-state index contributed by atoms with van der Waals surface area (Å²) in [6, 6.07) is 7.71. The maximum atomic E-state index is 6.13. The third kappa shape index (κ3) is 3.77. The predicted molar refractivity (Wildman–Crippen MR) is 93.5 cm³/mol. The molecule has 1 aliphatic heterocycles. The molecule has 0 spiro atoms. The van der Waals surface area contributed by atoms with Crippen molar-refractivity contribution in [3.05, 3.63) is 51.4 Å². The van der Waals surface area contributed by atoms with Gasteiger partial charge in [0.1, 0.15) is 17.7 Å². The van der Waals surface area contributed by atoms with Crippen LogP contribution in [0.2, 0.25) is 10.0 Å². The topological polar surface area (TPSA) is 38.2 Å². The van der Waals surface area contributed by atoms with E-state index >= 15 is 0 Å². The zero-order valence-corrected chi connectivity index (χ0v) is 14.7. The molecule has 1 atom stereocenters. The first-order valence-corrected chi connectivity index (χ1v) is 8.48. The number of nitrogens with zero attached hydrogens (tertiary/aromatic N) is 3. The highest BCUT2D eigenvalue weighted by molar-refractivity contribution is 6.42. The standard InChI is InChI=1S/C17H19Cl2N3O/c1-3-13-9-17(21-11(2)20-13)22-6-7-23-16(10-22)12-4-5-14(18)15(19)8-12/h4-5,8-9,16H,3,6-7,10H2,1-2H3. The van der Waals surface area contributed by atoms with Crippen molar-refractivity contribution in [1.29, 1.82) is 0 Å². The highest BCUT2D eigenvalue weighted by atomic mass is 35.5. The molecule has 0 bridgehead atoms. The third-order valence-corrected chi connectivity index (χ3v) is 4.68. The molecule has 2 aromatic rings. The molecular formula is C17H19Cl2N3O. The molecule has 1 aromatic carbocycles. The first-order valence-electron chi connectivity index (χ1n) is 7.73. The van der Waals surface area contributed by atoms with Crippen LogP contribution in [0.25, 0.3) is 0 Å². The fourth-order valence-electron chi connectivity index (χ4n) is 2.73. The minimum atomic E-state index is -0.0427. The van der Waals surface area contributed by atoms with Crippen molar-refractivity contribution in [1.82, 2.24) is 9.97 Å². The molecule has 4 nitrogen and oxygen atoms in total. The number of hydrogen-bond acceptors (Lipinski definition) is 4. The van der Waals surface area contributed by atoms with Gasteiger partial charge < -0.3 is 9.64 Å². The summed E-state index contributed by atoms with van der Waals surface area (Å²) in [6.07, 6.45) is 0.857. The average Bonchev–Trinajstić information content (AvgIpc) is 2.57. The quantitative estimate of drug-likeness (QED) is 0.829. The van der Waals surface area contributed by atoms with Gasteiger partial charge in [-0.2, -0.15) is 0 Å². The number of benzene rings is 1. The second kappa shape index (κ2) is 7.04. The fourth-order valence-corrected chi connectivity index (χ4v) is 3.03. The van der Waals surface area contributed by atoms with Crippen molar-refractivity contribution >= 4 is 29.0 Å². The van der Waals surface area contributed by atoms with E-state index in [1.807, 2.05) is 25.1 Å². The lowest BCUT2D eigenvalue weighted by Crippen LogP contribution is -2.39. The summed E-state index contributed by atoms with van der Waals surface area (Å²) in [7, 11) is 0. The van der Waals surface area contributed by atoms with Gasteiger partial charge in [0, 0.05) is 24.8 Å². The van der Waals surface area contributed by atoms with E-state index in [4.69, 9.17) is 27.9 Å². The molecule has 1 fully saturated rings. The molecule has 122 valence electrons. The van der Waals surface area contributed by atoms with Gasteiger partial charge >= 0.3 is 0 Å². The van der Waals surface area contributed by atoms with Gasteiger partial charge in [0.05, 0.1) is 16.7 Å². The molecule has 0 aliphatic carbocycles. The van der Waals surface area contributed by atoms with E-state index in [1.54, 1.807) is 0 Å².